The molecule has 2 aliphatic rings. The van der Waals surface area contributed by atoms with E-state index in [1.165, 1.54) is 13.5 Å². The highest BCUT2D eigenvalue weighted by Crippen LogP contribution is 2.53. The van der Waals surface area contributed by atoms with Gasteiger partial charge in [0, 0.05) is 12.1 Å². The molecule has 0 saturated heterocycles. The Bertz CT molecular complexity index is 466. The summed E-state index contributed by atoms with van der Waals surface area (Å²) in [7, 11) is 1.36. The van der Waals surface area contributed by atoms with Crippen LogP contribution in [-0.2, 0) is 0 Å². The van der Waals surface area contributed by atoms with Crippen molar-refractivity contribution in [1.29, 1.82) is 0 Å². The Morgan fingerprint density at radius 2 is 1.89 bits per heavy atom. The van der Waals surface area contributed by atoms with Crippen molar-refractivity contribution < 1.29 is 18.6 Å². The van der Waals surface area contributed by atoms with Crippen LogP contribution in [0.1, 0.15) is 37.4 Å². The number of hydrogen-bond donors (Lipinski definition) is 1. The molecule has 19 heavy (non-hydrogen) atoms. The minimum absolute atomic E-state index is 0.00357. The van der Waals surface area contributed by atoms with Gasteiger partial charge in [0.25, 0.3) is 0 Å². The summed E-state index contributed by atoms with van der Waals surface area (Å²) in [6.45, 7) is 0. The summed E-state index contributed by atoms with van der Waals surface area (Å²) in [4.78, 5) is 0. The van der Waals surface area contributed by atoms with Gasteiger partial charge in [-0.05, 0) is 37.0 Å². The SMILES string of the molecule is COc1cc(F)c(C(O)C2CC3CCC2C3)c(F)c1. The molecule has 2 aliphatic carbocycles. The van der Waals surface area contributed by atoms with Crippen LogP contribution < -0.4 is 4.74 Å². The Labute approximate surface area is 111 Å². The molecule has 0 aromatic heterocycles. The second-order valence-electron chi connectivity index (χ2n) is 5.79. The Balaban J connectivity index is 1.89. The second kappa shape index (κ2) is 4.75. The lowest BCUT2D eigenvalue weighted by Gasteiger charge is -2.27. The maximum atomic E-state index is 14.0. The van der Waals surface area contributed by atoms with Crippen molar-refractivity contribution in [2.45, 2.75) is 31.8 Å². The van der Waals surface area contributed by atoms with E-state index in [0.717, 1.165) is 31.4 Å². The summed E-state index contributed by atoms with van der Waals surface area (Å²) >= 11 is 0. The van der Waals surface area contributed by atoms with Gasteiger partial charge in [-0.25, -0.2) is 8.78 Å². The zero-order chi connectivity index (χ0) is 13.6. The van der Waals surface area contributed by atoms with Crippen LogP contribution in [-0.4, -0.2) is 12.2 Å². The van der Waals surface area contributed by atoms with Crippen molar-refractivity contribution >= 4 is 0 Å². The van der Waals surface area contributed by atoms with Gasteiger partial charge in [-0.1, -0.05) is 6.42 Å². The lowest BCUT2D eigenvalue weighted by Crippen LogP contribution is -2.21. The average Bonchev–Trinajstić information content (AvgIpc) is 2.99. The highest BCUT2D eigenvalue weighted by Gasteiger charge is 2.44. The normalized spacial score (nSPS) is 30.6. The van der Waals surface area contributed by atoms with Crippen molar-refractivity contribution in [2.24, 2.45) is 17.8 Å². The monoisotopic (exact) mass is 268 g/mol. The van der Waals surface area contributed by atoms with Crippen molar-refractivity contribution in [3.05, 3.63) is 29.3 Å². The zero-order valence-corrected chi connectivity index (χ0v) is 10.9. The Morgan fingerprint density at radius 1 is 1.21 bits per heavy atom. The van der Waals surface area contributed by atoms with Gasteiger partial charge < -0.3 is 9.84 Å². The molecule has 0 amide bonds. The number of ether oxygens (including phenoxy) is 1. The second-order valence-corrected chi connectivity index (χ2v) is 5.79. The number of aliphatic hydroxyl groups excluding tert-OH is 1. The van der Waals surface area contributed by atoms with E-state index < -0.39 is 17.7 Å². The minimum atomic E-state index is -1.04. The van der Waals surface area contributed by atoms with E-state index in [-0.39, 0.29) is 17.2 Å². The molecule has 2 saturated carbocycles. The Kier molecular flexibility index (Phi) is 3.21. The lowest BCUT2D eigenvalue weighted by molar-refractivity contribution is 0.0681. The Hall–Kier alpha value is -1.16. The van der Waals surface area contributed by atoms with E-state index in [0.29, 0.717) is 11.8 Å². The molecular weight excluding hydrogens is 250 g/mol. The summed E-state index contributed by atoms with van der Waals surface area (Å²) in [5.41, 5.74) is -0.196. The third-order valence-corrected chi connectivity index (χ3v) is 4.78. The van der Waals surface area contributed by atoms with E-state index in [1.54, 1.807) is 0 Å². The predicted octanol–water partition coefficient (Wildman–Crippen LogP) is 3.44. The van der Waals surface area contributed by atoms with Gasteiger partial charge in [-0.2, -0.15) is 0 Å². The fraction of sp³-hybridized carbons (Fsp3) is 0.600. The summed E-state index contributed by atoms with van der Waals surface area (Å²) in [5, 5.41) is 10.3. The number of methoxy groups -OCH3 is 1. The van der Waals surface area contributed by atoms with Gasteiger partial charge in [0.2, 0.25) is 0 Å². The molecule has 1 aromatic carbocycles. The molecule has 2 fully saturated rings. The molecule has 2 nitrogen and oxygen atoms in total. The maximum absolute atomic E-state index is 14.0. The summed E-state index contributed by atoms with van der Waals surface area (Å²) < 4.78 is 32.8. The number of benzene rings is 1. The topological polar surface area (TPSA) is 29.5 Å². The van der Waals surface area contributed by atoms with Gasteiger partial charge in [0.05, 0.1) is 18.8 Å². The maximum Gasteiger partial charge on any atom is 0.135 e. The van der Waals surface area contributed by atoms with E-state index in [9.17, 15) is 13.9 Å². The van der Waals surface area contributed by atoms with Crippen LogP contribution in [0.5, 0.6) is 5.75 Å². The van der Waals surface area contributed by atoms with Crippen LogP contribution in [0.3, 0.4) is 0 Å². The standard InChI is InChI=1S/C15H18F2O2/c1-19-10-6-12(16)14(13(17)7-10)15(18)11-5-8-2-3-9(11)4-8/h6-9,11,15,18H,2-5H2,1H3. The molecule has 4 heteroatoms. The first kappa shape index (κ1) is 12.9. The number of hydrogen-bond acceptors (Lipinski definition) is 2. The molecule has 104 valence electrons. The van der Waals surface area contributed by atoms with Gasteiger partial charge in [0.1, 0.15) is 17.4 Å². The molecule has 1 aromatic rings. The molecule has 0 heterocycles. The fourth-order valence-electron chi connectivity index (χ4n) is 3.86. The van der Waals surface area contributed by atoms with Crippen molar-refractivity contribution in [3.8, 4) is 5.75 Å². The minimum Gasteiger partial charge on any atom is -0.497 e. The summed E-state index contributed by atoms with van der Waals surface area (Å²) in [5.74, 6) is -0.246. The molecule has 4 atom stereocenters. The van der Waals surface area contributed by atoms with Crippen molar-refractivity contribution in [3.63, 3.8) is 0 Å². The highest BCUT2D eigenvalue weighted by atomic mass is 19.1. The van der Waals surface area contributed by atoms with Crippen LogP contribution >= 0.6 is 0 Å². The van der Waals surface area contributed by atoms with E-state index >= 15 is 0 Å². The predicted molar refractivity (Wildman–Crippen MR) is 66.8 cm³/mol. The Morgan fingerprint density at radius 3 is 2.37 bits per heavy atom. The van der Waals surface area contributed by atoms with E-state index in [2.05, 4.69) is 0 Å². The zero-order valence-electron chi connectivity index (χ0n) is 10.9. The fourth-order valence-corrected chi connectivity index (χ4v) is 3.86. The van der Waals surface area contributed by atoms with Gasteiger partial charge in [-0.3, -0.25) is 0 Å². The van der Waals surface area contributed by atoms with Crippen molar-refractivity contribution in [2.75, 3.05) is 7.11 Å². The first-order chi connectivity index (χ1) is 9.10. The average molecular weight is 268 g/mol. The van der Waals surface area contributed by atoms with Gasteiger partial charge in [0.15, 0.2) is 0 Å². The summed E-state index contributed by atoms with van der Waals surface area (Å²) in [6.07, 6.45) is 3.21. The van der Waals surface area contributed by atoms with E-state index in [1.807, 2.05) is 0 Å². The van der Waals surface area contributed by atoms with Crippen LogP contribution in [0.15, 0.2) is 12.1 Å². The third-order valence-electron chi connectivity index (χ3n) is 4.78. The van der Waals surface area contributed by atoms with E-state index in [4.69, 9.17) is 4.74 Å². The first-order valence-electron chi connectivity index (χ1n) is 6.81. The molecular formula is C15H18F2O2. The first-order valence-corrected chi connectivity index (χ1v) is 6.81. The number of halogens is 2. The smallest absolute Gasteiger partial charge is 0.135 e. The molecule has 1 N–H and O–H groups in total. The van der Waals surface area contributed by atoms with Gasteiger partial charge in [-0.15, -0.1) is 0 Å². The van der Waals surface area contributed by atoms with Gasteiger partial charge >= 0.3 is 0 Å². The quantitative estimate of drug-likeness (QED) is 0.910. The third kappa shape index (κ3) is 2.12. The molecule has 3 rings (SSSR count). The summed E-state index contributed by atoms with van der Waals surface area (Å²) in [6, 6.07) is 2.27. The van der Waals surface area contributed by atoms with Crippen molar-refractivity contribution in [1.82, 2.24) is 0 Å². The highest BCUT2D eigenvalue weighted by molar-refractivity contribution is 5.32. The molecule has 0 aliphatic heterocycles. The molecule has 2 bridgehead atoms. The lowest BCUT2D eigenvalue weighted by atomic mass is 9.82. The van der Waals surface area contributed by atoms with Crippen LogP contribution in [0.2, 0.25) is 0 Å². The number of rotatable bonds is 3. The molecule has 4 unspecified atom stereocenters. The molecule has 0 spiro atoms. The number of aliphatic hydroxyl groups is 1. The van der Waals surface area contributed by atoms with Crippen LogP contribution in [0.25, 0.3) is 0 Å². The molecule has 0 radical (unpaired) electrons. The van der Waals surface area contributed by atoms with Crippen LogP contribution in [0.4, 0.5) is 8.78 Å². The number of fused-ring (bicyclic) bond motifs is 2. The van der Waals surface area contributed by atoms with Crippen LogP contribution in [0, 0.1) is 29.4 Å². The largest absolute Gasteiger partial charge is 0.497 e.